The second-order valence-corrected chi connectivity index (χ2v) is 6.22. The van der Waals surface area contributed by atoms with Crippen LogP contribution in [0, 0.1) is 5.92 Å². The normalized spacial score (nSPS) is 18.3. The van der Waals surface area contributed by atoms with Gasteiger partial charge < -0.3 is 5.11 Å². The first-order valence-corrected chi connectivity index (χ1v) is 6.95. The van der Waals surface area contributed by atoms with Crippen LogP contribution in [0.3, 0.4) is 0 Å². The molecule has 1 aromatic carbocycles. The van der Waals surface area contributed by atoms with Gasteiger partial charge >= 0.3 is 12.1 Å². The summed E-state index contributed by atoms with van der Waals surface area (Å²) in [5.41, 5.74) is -1.42. The lowest BCUT2D eigenvalue weighted by Crippen LogP contribution is -2.19. The Hall–Kier alpha value is -1.83. The van der Waals surface area contributed by atoms with E-state index in [2.05, 4.69) is 0 Å². The van der Waals surface area contributed by atoms with Gasteiger partial charge in [-0.05, 0) is 24.6 Å². The van der Waals surface area contributed by atoms with Crippen LogP contribution in [0.25, 0.3) is 6.08 Å². The Bertz CT molecular complexity index is 717. The summed E-state index contributed by atoms with van der Waals surface area (Å²) in [4.78, 5) is 9.48. The Labute approximate surface area is 112 Å². The molecule has 0 amide bonds. The average molecular weight is 306 g/mol. The molecule has 0 spiro atoms. The first-order chi connectivity index (χ1) is 9.06. The van der Waals surface area contributed by atoms with Crippen molar-refractivity contribution >= 4 is 21.9 Å². The highest BCUT2D eigenvalue weighted by molar-refractivity contribution is 7.96. The van der Waals surface area contributed by atoms with Gasteiger partial charge in [0.05, 0.1) is 21.3 Å². The van der Waals surface area contributed by atoms with Crippen molar-refractivity contribution in [2.45, 2.75) is 18.0 Å². The number of fused-ring (bicyclic) bond motifs is 1. The third kappa shape index (κ3) is 2.09. The minimum atomic E-state index is -4.83. The zero-order valence-electron chi connectivity index (χ0n) is 10.1. The highest BCUT2D eigenvalue weighted by atomic mass is 32.2. The van der Waals surface area contributed by atoms with Gasteiger partial charge in [0.25, 0.3) is 0 Å². The van der Waals surface area contributed by atoms with E-state index < -0.39 is 43.3 Å². The van der Waals surface area contributed by atoms with Crippen LogP contribution in [-0.2, 0) is 20.8 Å². The fourth-order valence-corrected chi connectivity index (χ4v) is 4.01. The molecule has 1 unspecified atom stereocenters. The van der Waals surface area contributed by atoms with Gasteiger partial charge in [0.15, 0.2) is 0 Å². The smallest absolute Gasteiger partial charge is 0.417 e. The van der Waals surface area contributed by atoms with Crippen molar-refractivity contribution in [1.82, 2.24) is 0 Å². The molecule has 2 rings (SSSR count). The van der Waals surface area contributed by atoms with Crippen LogP contribution in [0.15, 0.2) is 28.0 Å². The topological polar surface area (TPSA) is 71.4 Å². The zero-order valence-corrected chi connectivity index (χ0v) is 10.9. The molecule has 8 heteroatoms. The van der Waals surface area contributed by atoms with Crippen LogP contribution in [0.2, 0.25) is 0 Å². The Kier molecular flexibility index (Phi) is 3.16. The van der Waals surface area contributed by atoms with Crippen molar-refractivity contribution in [2.75, 3.05) is 0 Å². The molecule has 0 aliphatic carbocycles. The number of hydrogen-bond acceptors (Lipinski definition) is 3. The standard InChI is InChI=1S/C12H9F3O4S/c1-6(11(16)17)9-5-7-3-2-4-8(12(13,14)15)10(7)20(9,18)19/h2-6H,1H3,(H,16,17). The Morgan fingerprint density at radius 1 is 1.30 bits per heavy atom. The maximum Gasteiger partial charge on any atom is 0.417 e. The molecule has 4 nitrogen and oxygen atoms in total. The molecule has 1 aromatic rings. The van der Waals surface area contributed by atoms with Crippen LogP contribution in [0.4, 0.5) is 13.2 Å². The quantitative estimate of drug-likeness (QED) is 0.911. The van der Waals surface area contributed by atoms with Gasteiger partial charge in [-0.3, -0.25) is 4.79 Å². The predicted octanol–water partition coefficient (Wildman–Crippen LogP) is 2.55. The van der Waals surface area contributed by atoms with Crippen molar-refractivity contribution in [3.05, 3.63) is 34.2 Å². The van der Waals surface area contributed by atoms with E-state index in [0.29, 0.717) is 6.07 Å². The van der Waals surface area contributed by atoms with Crippen molar-refractivity contribution in [1.29, 1.82) is 0 Å². The Morgan fingerprint density at radius 2 is 1.90 bits per heavy atom. The average Bonchev–Trinajstić information content (AvgIpc) is 2.59. The summed E-state index contributed by atoms with van der Waals surface area (Å²) in [6.45, 7) is 1.12. The summed E-state index contributed by atoms with van der Waals surface area (Å²) >= 11 is 0. The number of hydrogen-bond donors (Lipinski definition) is 1. The molecular formula is C12H9F3O4S. The summed E-state index contributed by atoms with van der Waals surface area (Å²) in [5.74, 6) is -2.82. The van der Waals surface area contributed by atoms with Crippen LogP contribution in [-0.4, -0.2) is 19.5 Å². The van der Waals surface area contributed by atoms with E-state index in [9.17, 15) is 26.4 Å². The van der Waals surface area contributed by atoms with Crippen molar-refractivity contribution < 1.29 is 31.5 Å². The molecule has 0 radical (unpaired) electrons. The van der Waals surface area contributed by atoms with Crippen LogP contribution < -0.4 is 0 Å². The maximum absolute atomic E-state index is 12.9. The number of alkyl halides is 3. The maximum atomic E-state index is 12.9. The summed E-state index contributed by atoms with van der Waals surface area (Å²) < 4.78 is 62.9. The Balaban J connectivity index is 2.70. The molecule has 0 bridgehead atoms. The van der Waals surface area contributed by atoms with Crippen LogP contribution in [0.5, 0.6) is 0 Å². The molecule has 0 fully saturated rings. The number of rotatable bonds is 2. The predicted molar refractivity (Wildman–Crippen MR) is 63.4 cm³/mol. The lowest BCUT2D eigenvalue weighted by Gasteiger charge is -2.13. The molecule has 20 heavy (non-hydrogen) atoms. The number of sulfone groups is 1. The van der Waals surface area contributed by atoms with Crippen molar-refractivity contribution in [2.24, 2.45) is 5.92 Å². The number of carboxylic acid groups (broad SMARTS) is 1. The van der Waals surface area contributed by atoms with E-state index in [-0.39, 0.29) is 5.56 Å². The highest BCUT2D eigenvalue weighted by Crippen LogP contribution is 2.44. The summed E-state index contributed by atoms with van der Waals surface area (Å²) in [7, 11) is -4.44. The molecule has 1 heterocycles. The molecule has 1 N–H and O–H groups in total. The summed E-state index contributed by atoms with van der Waals surface area (Å²) in [6.07, 6.45) is -3.84. The number of aliphatic carboxylic acids is 1. The lowest BCUT2D eigenvalue weighted by molar-refractivity contribution is -0.140. The van der Waals surface area contributed by atoms with E-state index in [1.165, 1.54) is 6.07 Å². The van der Waals surface area contributed by atoms with Gasteiger partial charge in [0.2, 0.25) is 9.84 Å². The summed E-state index contributed by atoms with van der Waals surface area (Å²) in [6, 6.07) is 2.96. The molecular weight excluding hydrogens is 297 g/mol. The largest absolute Gasteiger partial charge is 0.481 e. The zero-order chi connectivity index (χ0) is 15.3. The number of halogens is 3. The third-order valence-corrected chi connectivity index (χ3v) is 5.11. The fourth-order valence-electron chi connectivity index (χ4n) is 2.02. The second-order valence-electron chi connectivity index (χ2n) is 4.33. The molecule has 1 aliphatic rings. The van der Waals surface area contributed by atoms with Gasteiger partial charge in [0, 0.05) is 0 Å². The van der Waals surface area contributed by atoms with Crippen molar-refractivity contribution in [3.63, 3.8) is 0 Å². The SMILES string of the molecule is CC(C(=O)O)C1=Cc2cccc(C(F)(F)F)c2S1(=O)=O. The monoisotopic (exact) mass is 306 g/mol. The van der Waals surface area contributed by atoms with Gasteiger partial charge in [-0.2, -0.15) is 13.2 Å². The lowest BCUT2D eigenvalue weighted by atomic mass is 10.1. The molecule has 1 aliphatic heterocycles. The van der Waals surface area contributed by atoms with E-state index >= 15 is 0 Å². The Morgan fingerprint density at radius 3 is 2.40 bits per heavy atom. The molecule has 0 saturated heterocycles. The third-order valence-electron chi connectivity index (χ3n) is 3.02. The fraction of sp³-hybridized carbons (Fsp3) is 0.250. The highest BCUT2D eigenvalue weighted by Gasteiger charge is 2.44. The molecule has 0 saturated carbocycles. The van der Waals surface area contributed by atoms with E-state index in [4.69, 9.17) is 5.11 Å². The minimum absolute atomic E-state index is 0.136. The van der Waals surface area contributed by atoms with E-state index in [1.807, 2.05) is 0 Å². The van der Waals surface area contributed by atoms with Crippen molar-refractivity contribution in [3.8, 4) is 0 Å². The molecule has 1 atom stereocenters. The van der Waals surface area contributed by atoms with Gasteiger partial charge in [-0.15, -0.1) is 0 Å². The van der Waals surface area contributed by atoms with Crippen LogP contribution >= 0.6 is 0 Å². The molecule has 0 aromatic heterocycles. The number of carboxylic acids is 1. The van der Waals surface area contributed by atoms with E-state index in [0.717, 1.165) is 19.1 Å². The van der Waals surface area contributed by atoms with Gasteiger partial charge in [-0.1, -0.05) is 12.1 Å². The van der Waals surface area contributed by atoms with Gasteiger partial charge in [0.1, 0.15) is 0 Å². The second kappa shape index (κ2) is 4.34. The first-order valence-electron chi connectivity index (χ1n) is 5.46. The molecule has 108 valence electrons. The van der Waals surface area contributed by atoms with E-state index in [1.54, 1.807) is 0 Å². The number of carbonyl (C=O) groups is 1. The number of benzene rings is 1. The first kappa shape index (κ1) is 14.6. The summed E-state index contributed by atoms with van der Waals surface area (Å²) in [5, 5.41) is 8.86. The van der Waals surface area contributed by atoms with Gasteiger partial charge in [-0.25, -0.2) is 8.42 Å². The van der Waals surface area contributed by atoms with Crippen LogP contribution in [0.1, 0.15) is 18.1 Å². The minimum Gasteiger partial charge on any atom is -0.481 e.